The van der Waals surface area contributed by atoms with E-state index in [0.29, 0.717) is 36.6 Å². The van der Waals surface area contributed by atoms with Crippen LogP contribution in [0.25, 0.3) is 10.8 Å². The zero-order valence-corrected chi connectivity index (χ0v) is 20.5. The largest absolute Gasteiger partial charge is 0.490 e. The lowest BCUT2D eigenvalue weighted by Gasteiger charge is -2.31. The molecule has 0 amide bonds. The minimum absolute atomic E-state index is 0.0188. The van der Waals surface area contributed by atoms with Crippen molar-refractivity contribution in [2.45, 2.75) is 88.8 Å². The van der Waals surface area contributed by atoms with Crippen LogP contribution >= 0.6 is 0 Å². The van der Waals surface area contributed by atoms with E-state index in [0.717, 1.165) is 0 Å². The van der Waals surface area contributed by atoms with Crippen LogP contribution in [0.15, 0.2) is 30.3 Å². The number of carboxylic acid groups (broad SMARTS) is 1. The van der Waals surface area contributed by atoms with Crippen molar-refractivity contribution in [1.82, 2.24) is 5.32 Å². The van der Waals surface area contributed by atoms with Gasteiger partial charge in [-0.05, 0) is 86.8 Å². The predicted octanol–water partition coefficient (Wildman–Crippen LogP) is 7.65. The fourth-order valence-electron chi connectivity index (χ4n) is 5.62. The first-order chi connectivity index (χ1) is 17.3. The topological polar surface area (TPSA) is 58.6 Å². The molecule has 4 nitrogen and oxygen atoms in total. The second-order valence-corrected chi connectivity index (χ2v) is 10.3. The van der Waals surface area contributed by atoms with Gasteiger partial charge in [0.15, 0.2) is 0 Å². The first kappa shape index (κ1) is 27.5. The lowest BCUT2D eigenvalue weighted by Crippen LogP contribution is -2.36. The molecule has 0 aromatic heterocycles. The molecule has 2 fully saturated rings. The van der Waals surface area contributed by atoms with Gasteiger partial charge in [0.25, 0.3) is 0 Å². The second-order valence-electron chi connectivity index (χ2n) is 10.3. The van der Waals surface area contributed by atoms with Crippen molar-refractivity contribution in [3.63, 3.8) is 0 Å². The van der Waals surface area contributed by atoms with Crippen molar-refractivity contribution in [2.24, 2.45) is 11.8 Å². The van der Waals surface area contributed by atoms with Crippen LogP contribution in [0.3, 0.4) is 0 Å². The Hall–Kier alpha value is -2.49. The third-order valence-corrected chi connectivity index (χ3v) is 7.78. The number of aliphatic carboxylic acids is 1. The zero-order chi connectivity index (χ0) is 27.0. The molecule has 37 heavy (non-hydrogen) atoms. The second kappa shape index (κ2) is 10.7. The van der Waals surface area contributed by atoms with Crippen molar-refractivity contribution < 1.29 is 41.0 Å². The highest BCUT2D eigenvalue weighted by atomic mass is 19.4. The molecule has 1 unspecified atom stereocenters. The van der Waals surface area contributed by atoms with Gasteiger partial charge in [0, 0.05) is 12.1 Å². The highest BCUT2D eigenvalue weighted by molar-refractivity contribution is 5.89. The monoisotopic (exact) mass is 531 g/mol. The van der Waals surface area contributed by atoms with Crippen LogP contribution in [0.5, 0.6) is 5.75 Å². The Bertz CT molecular complexity index is 1100. The number of ether oxygens (including phenoxy) is 1. The number of alkyl halides is 6. The molecule has 2 N–H and O–H groups in total. The number of hydrogen-bond donors (Lipinski definition) is 2. The van der Waals surface area contributed by atoms with Crippen molar-refractivity contribution in [3.05, 3.63) is 41.5 Å². The first-order valence-electron chi connectivity index (χ1n) is 12.7. The number of carboxylic acids is 1. The summed E-state index contributed by atoms with van der Waals surface area (Å²) in [6.07, 6.45) is -7.49. The molecule has 0 spiro atoms. The van der Waals surface area contributed by atoms with E-state index >= 15 is 0 Å². The van der Waals surface area contributed by atoms with E-state index in [2.05, 4.69) is 5.32 Å². The van der Waals surface area contributed by atoms with Gasteiger partial charge in [-0.25, -0.2) is 0 Å². The lowest BCUT2D eigenvalue weighted by molar-refractivity contribution is -0.185. The number of halogens is 6. The van der Waals surface area contributed by atoms with Crippen LogP contribution in [0, 0.1) is 11.8 Å². The van der Waals surface area contributed by atoms with E-state index in [4.69, 9.17) is 4.74 Å². The minimum Gasteiger partial charge on any atom is -0.490 e. The SMILES string of the molecule is CC(N[C@H]1CC[C@@H](C(=O)O)CC1)c1ccc2ccc(O[C@H]3CC[C@@H](C(F)(F)F)CC3)c(C(F)(F)F)c2c1. The normalized spacial score (nSPS) is 26.1. The predicted molar refractivity (Wildman–Crippen MR) is 126 cm³/mol. The molecular formula is C27H31F6NO3. The van der Waals surface area contributed by atoms with Crippen LogP contribution in [0.2, 0.25) is 0 Å². The third kappa shape index (κ3) is 6.51. The van der Waals surface area contributed by atoms with Gasteiger partial charge in [-0.2, -0.15) is 26.3 Å². The van der Waals surface area contributed by atoms with E-state index < -0.39 is 35.9 Å². The van der Waals surface area contributed by atoms with Gasteiger partial charge in [0.05, 0.1) is 17.9 Å². The molecule has 204 valence electrons. The molecule has 10 heteroatoms. The molecule has 0 saturated heterocycles. The molecule has 2 aromatic carbocycles. The summed E-state index contributed by atoms with van der Waals surface area (Å²) in [5.74, 6) is -2.96. The standard InChI is InChI=1S/C27H31F6NO3/c1-15(34-20-9-4-17(5-10-20)25(35)36)18-3-2-16-6-13-23(24(22(16)14-18)27(31,32)33)37-21-11-7-19(8-12-21)26(28,29)30/h2-3,6,13-15,17,19-21,34H,4-5,7-12H2,1H3,(H,35,36)/t15?,17-,19-,20+,21+. The molecule has 2 aliphatic carbocycles. The summed E-state index contributed by atoms with van der Waals surface area (Å²) in [6.45, 7) is 1.86. The average molecular weight is 532 g/mol. The number of carbonyl (C=O) groups is 1. The Morgan fingerprint density at radius 3 is 2.14 bits per heavy atom. The number of rotatable bonds is 6. The molecule has 1 atom stereocenters. The lowest BCUT2D eigenvalue weighted by atomic mass is 9.85. The van der Waals surface area contributed by atoms with Crippen molar-refractivity contribution in [2.75, 3.05) is 0 Å². The summed E-state index contributed by atoms with van der Waals surface area (Å²) in [5.41, 5.74) is -0.264. The maximum absolute atomic E-state index is 14.3. The number of fused-ring (bicyclic) bond motifs is 1. The summed E-state index contributed by atoms with van der Waals surface area (Å²) in [6, 6.07) is 7.48. The van der Waals surface area contributed by atoms with E-state index in [9.17, 15) is 36.2 Å². The molecule has 2 aliphatic rings. The fourth-order valence-corrected chi connectivity index (χ4v) is 5.62. The average Bonchev–Trinajstić information content (AvgIpc) is 2.82. The van der Waals surface area contributed by atoms with Gasteiger partial charge >= 0.3 is 18.3 Å². The number of hydrogen-bond acceptors (Lipinski definition) is 3. The molecule has 0 bridgehead atoms. The Labute approximate surface area is 211 Å². The number of benzene rings is 2. The van der Waals surface area contributed by atoms with E-state index in [1.807, 2.05) is 6.92 Å². The van der Waals surface area contributed by atoms with Crippen LogP contribution in [-0.4, -0.2) is 29.4 Å². The molecule has 4 rings (SSSR count). The summed E-state index contributed by atoms with van der Waals surface area (Å²) in [7, 11) is 0. The smallest absolute Gasteiger partial charge is 0.420 e. The van der Waals surface area contributed by atoms with E-state index in [1.54, 1.807) is 12.1 Å². The maximum atomic E-state index is 14.3. The zero-order valence-electron chi connectivity index (χ0n) is 20.5. The fraction of sp³-hybridized carbons (Fsp3) is 0.593. The molecule has 2 saturated carbocycles. The van der Waals surface area contributed by atoms with Gasteiger partial charge in [-0.3, -0.25) is 4.79 Å². The van der Waals surface area contributed by atoms with E-state index in [1.165, 1.54) is 18.2 Å². The van der Waals surface area contributed by atoms with E-state index in [-0.39, 0.29) is 54.8 Å². The molecular weight excluding hydrogens is 500 g/mol. The van der Waals surface area contributed by atoms with Gasteiger partial charge in [-0.1, -0.05) is 18.2 Å². The highest BCUT2D eigenvalue weighted by Crippen LogP contribution is 2.44. The summed E-state index contributed by atoms with van der Waals surface area (Å²) in [4.78, 5) is 11.2. The highest BCUT2D eigenvalue weighted by Gasteiger charge is 2.43. The maximum Gasteiger partial charge on any atom is 0.420 e. The van der Waals surface area contributed by atoms with Gasteiger partial charge in [-0.15, -0.1) is 0 Å². The van der Waals surface area contributed by atoms with Gasteiger partial charge < -0.3 is 15.2 Å². The summed E-state index contributed by atoms with van der Waals surface area (Å²) < 4.78 is 87.4. The number of nitrogens with one attached hydrogen (secondary N) is 1. The van der Waals surface area contributed by atoms with Crippen molar-refractivity contribution in [1.29, 1.82) is 0 Å². The van der Waals surface area contributed by atoms with Crippen LogP contribution in [-0.2, 0) is 11.0 Å². The molecule has 0 heterocycles. The Kier molecular flexibility index (Phi) is 7.97. The van der Waals surface area contributed by atoms with Crippen LogP contribution in [0.4, 0.5) is 26.3 Å². The Balaban J connectivity index is 1.54. The van der Waals surface area contributed by atoms with Crippen molar-refractivity contribution in [3.8, 4) is 5.75 Å². The van der Waals surface area contributed by atoms with Gasteiger partial charge in [0.1, 0.15) is 11.3 Å². The first-order valence-corrected chi connectivity index (χ1v) is 12.7. The molecule has 0 radical (unpaired) electrons. The van der Waals surface area contributed by atoms with Crippen LogP contribution < -0.4 is 10.1 Å². The van der Waals surface area contributed by atoms with Crippen LogP contribution in [0.1, 0.15) is 75.5 Å². The van der Waals surface area contributed by atoms with Crippen molar-refractivity contribution >= 4 is 16.7 Å². The molecule has 0 aliphatic heterocycles. The quantitative estimate of drug-likeness (QED) is 0.376. The molecule has 2 aromatic rings. The van der Waals surface area contributed by atoms with Gasteiger partial charge in [0.2, 0.25) is 0 Å². The Morgan fingerprint density at radius 2 is 1.57 bits per heavy atom. The third-order valence-electron chi connectivity index (χ3n) is 7.78. The summed E-state index contributed by atoms with van der Waals surface area (Å²) in [5, 5.41) is 13.0. The minimum atomic E-state index is -4.72. The summed E-state index contributed by atoms with van der Waals surface area (Å²) >= 11 is 0. The Morgan fingerprint density at radius 1 is 0.946 bits per heavy atom.